The normalized spacial score (nSPS) is 11.3. The lowest BCUT2D eigenvalue weighted by atomic mass is 10.1. The Labute approximate surface area is 181 Å². The van der Waals surface area contributed by atoms with Crippen molar-refractivity contribution in [3.05, 3.63) is 71.8 Å². The van der Waals surface area contributed by atoms with Gasteiger partial charge in [-0.05, 0) is 47.5 Å². The summed E-state index contributed by atoms with van der Waals surface area (Å²) in [6.45, 7) is 0. The van der Waals surface area contributed by atoms with Gasteiger partial charge in [-0.2, -0.15) is 0 Å². The average Bonchev–Trinajstić information content (AvgIpc) is 2.77. The first-order valence-electron chi connectivity index (χ1n) is 9.27. The van der Waals surface area contributed by atoms with E-state index >= 15 is 0 Å². The summed E-state index contributed by atoms with van der Waals surface area (Å²) in [6.07, 6.45) is 3.54. The van der Waals surface area contributed by atoms with Gasteiger partial charge in [-0.1, -0.05) is 36.4 Å². The number of rotatable bonds is 8. The van der Waals surface area contributed by atoms with Crippen LogP contribution in [-0.2, 0) is 10.0 Å². The maximum Gasteiger partial charge on any atom is 0.262 e. The number of anilines is 1. The summed E-state index contributed by atoms with van der Waals surface area (Å²) in [5.41, 5.74) is 1.64. The summed E-state index contributed by atoms with van der Waals surface area (Å²) in [7, 11) is 0.567. The van der Waals surface area contributed by atoms with Crippen LogP contribution in [0.15, 0.2) is 65.6 Å². The van der Waals surface area contributed by atoms with Crippen LogP contribution in [-0.4, -0.2) is 34.9 Å². The standard InChI is InChI=1S/C23H23NO6S/c1-28-21-12-11-16(14-20(21)25)9-10-17-13-19(23(30-3)22(15-17)29-2)24-31(26,27)18-7-5-4-6-8-18/h4-15,24-25H,1-3H3. The van der Waals surface area contributed by atoms with Gasteiger partial charge >= 0.3 is 0 Å². The topological polar surface area (TPSA) is 94.1 Å². The highest BCUT2D eigenvalue weighted by atomic mass is 32.2. The van der Waals surface area contributed by atoms with Gasteiger partial charge in [0.25, 0.3) is 10.0 Å². The fourth-order valence-corrected chi connectivity index (χ4v) is 4.04. The first-order valence-corrected chi connectivity index (χ1v) is 10.7. The third-order valence-corrected chi connectivity index (χ3v) is 5.85. The molecule has 0 spiro atoms. The van der Waals surface area contributed by atoms with Gasteiger partial charge in [-0.25, -0.2) is 8.42 Å². The highest BCUT2D eigenvalue weighted by Gasteiger charge is 2.19. The molecular formula is C23H23NO6S. The van der Waals surface area contributed by atoms with E-state index < -0.39 is 10.0 Å². The van der Waals surface area contributed by atoms with Crippen molar-refractivity contribution in [3.8, 4) is 23.0 Å². The van der Waals surface area contributed by atoms with Crippen LogP contribution in [0, 0.1) is 0 Å². The molecule has 0 amide bonds. The molecule has 0 radical (unpaired) electrons. The van der Waals surface area contributed by atoms with Crippen molar-refractivity contribution in [3.63, 3.8) is 0 Å². The largest absolute Gasteiger partial charge is 0.504 e. The van der Waals surface area contributed by atoms with E-state index in [1.807, 2.05) is 0 Å². The SMILES string of the molecule is COc1ccc(C=Cc2cc(NS(=O)(=O)c3ccccc3)c(OC)c(OC)c2)cc1O. The number of phenolic OH excluding ortho intramolecular Hbond substituents is 1. The number of hydrogen-bond acceptors (Lipinski definition) is 6. The monoisotopic (exact) mass is 441 g/mol. The fourth-order valence-electron chi connectivity index (χ4n) is 2.96. The summed E-state index contributed by atoms with van der Waals surface area (Å²) in [5, 5.41) is 9.95. The molecule has 0 atom stereocenters. The van der Waals surface area contributed by atoms with Crippen molar-refractivity contribution in [2.45, 2.75) is 4.90 Å². The Morgan fingerprint density at radius 1 is 0.806 bits per heavy atom. The minimum atomic E-state index is -3.82. The molecule has 0 heterocycles. The molecule has 0 unspecified atom stereocenters. The Balaban J connectivity index is 1.98. The van der Waals surface area contributed by atoms with Gasteiger partial charge in [0.15, 0.2) is 23.0 Å². The van der Waals surface area contributed by atoms with Crippen molar-refractivity contribution < 1.29 is 27.7 Å². The zero-order valence-electron chi connectivity index (χ0n) is 17.3. The number of nitrogens with one attached hydrogen (secondary N) is 1. The Morgan fingerprint density at radius 3 is 2.10 bits per heavy atom. The van der Waals surface area contributed by atoms with Crippen LogP contribution in [0.5, 0.6) is 23.0 Å². The maximum atomic E-state index is 12.8. The van der Waals surface area contributed by atoms with Crippen molar-refractivity contribution in [2.24, 2.45) is 0 Å². The second-order valence-corrected chi connectivity index (χ2v) is 8.17. The Bertz CT molecular complexity index is 1190. The van der Waals surface area contributed by atoms with Crippen LogP contribution in [0.25, 0.3) is 12.2 Å². The predicted octanol–water partition coefficient (Wildman–Crippen LogP) is 4.39. The van der Waals surface area contributed by atoms with E-state index in [0.717, 1.165) is 5.56 Å². The number of hydrogen-bond donors (Lipinski definition) is 2. The number of aromatic hydroxyl groups is 1. The smallest absolute Gasteiger partial charge is 0.262 e. The zero-order chi connectivity index (χ0) is 22.4. The number of ether oxygens (including phenoxy) is 3. The van der Waals surface area contributed by atoms with Crippen LogP contribution >= 0.6 is 0 Å². The van der Waals surface area contributed by atoms with Gasteiger partial charge in [0.05, 0.1) is 31.9 Å². The van der Waals surface area contributed by atoms with Gasteiger partial charge in [-0.3, -0.25) is 4.72 Å². The summed E-state index contributed by atoms with van der Waals surface area (Å²) in [4.78, 5) is 0.130. The average molecular weight is 442 g/mol. The Hall–Kier alpha value is -3.65. The molecule has 0 fully saturated rings. The van der Waals surface area contributed by atoms with Crippen LogP contribution in [0.2, 0.25) is 0 Å². The van der Waals surface area contributed by atoms with E-state index in [4.69, 9.17) is 14.2 Å². The quantitative estimate of drug-likeness (QED) is 0.504. The molecule has 0 saturated heterocycles. The molecule has 7 nitrogen and oxygen atoms in total. The third-order valence-electron chi connectivity index (χ3n) is 4.47. The van der Waals surface area contributed by atoms with Gasteiger partial charge < -0.3 is 19.3 Å². The van der Waals surface area contributed by atoms with E-state index in [2.05, 4.69) is 4.72 Å². The van der Waals surface area contributed by atoms with E-state index in [0.29, 0.717) is 17.1 Å². The molecule has 0 aliphatic carbocycles. The van der Waals surface area contributed by atoms with Crippen LogP contribution in [0.1, 0.15) is 11.1 Å². The van der Waals surface area contributed by atoms with Crippen LogP contribution in [0.3, 0.4) is 0 Å². The van der Waals surface area contributed by atoms with E-state index in [9.17, 15) is 13.5 Å². The maximum absolute atomic E-state index is 12.8. The lowest BCUT2D eigenvalue weighted by Crippen LogP contribution is -2.14. The van der Waals surface area contributed by atoms with Crippen molar-refractivity contribution in [1.82, 2.24) is 0 Å². The molecule has 2 N–H and O–H groups in total. The fraction of sp³-hybridized carbons (Fsp3) is 0.130. The molecule has 0 aliphatic rings. The molecule has 3 rings (SSSR count). The summed E-state index contributed by atoms with van der Waals surface area (Å²) in [6, 6.07) is 16.4. The molecule has 0 bridgehead atoms. The molecule has 3 aromatic rings. The van der Waals surface area contributed by atoms with Crippen molar-refractivity contribution >= 4 is 27.9 Å². The van der Waals surface area contributed by atoms with Gasteiger partial charge in [0.1, 0.15) is 0 Å². The molecule has 3 aromatic carbocycles. The summed E-state index contributed by atoms with van der Waals surface area (Å²) >= 11 is 0. The second-order valence-electron chi connectivity index (χ2n) is 6.49. The van der Waals surface area contributed by atoms with Gasteiger partial charge in [-0.15, -0.1) is 0 Å². The van der Waals surface area contributed by atoms with Gasteiger partial charge in [0, 0.05) is 0 Å². The lowest BCUT2D eigenvalue weighted by molar-refractivity contribution is 0.356. The minimum Gasteiger partial charge on any atom is -0.504 e. The molecule has 162 valence electrons. The second kappa shape index (κ2) is 9.44. The van der Waals surface area contributed by atoms with Crippen molar-refractivity contribution in [2.75, 3.05) is 26.1 Å². The number of sulfonamides is 1. The zero-order valence-corrected chi connectivity index (χ0v) is 18.1. The molecule has 0 aliphatic heterocycles. The van der Waals surface area contributed by atoms with Crippen LogP contribution < -0.4 is 18.9 Å². The number of phenols is 1. The Morgan fingerprint density at radius 2 is 1.48 bits per heavy atom. The minimum absolute atomic E-state index is 0.0215. The summed E-state index contributed by atoms with van der Waals surface area (Å²) in [5.74, 6) is 1.03. The van der Waals surface area contributed by atoms with Gasteiger partial charge in [0.2, 0.25) is 0 Å². The highest BCUT2D eigenvalue weighted by molar-refractivity contribution is 7.92. The van der Waals surface area contributed by atoms with Crippen LogP contribution in [0.4, 0.5) is 5.69 Å². The summed E-state index contributed by atoms with van der Waals surface area (Å²) < 4.78 is 44.0. The van der Waals surface area contributed by atoms with Crippen molar-refractivity contribution in [1.29, 1.82) is 0 Å². The highest BCUT2D eigenvalue weighted by Crippen LogP contribution is 2.38. The first kappa shape index (κ1) is 22.0. The molecule has 31 heavy (non-hydrogen) atoms. The lowest BCUT2D eigenvalue weighted by Gasteiger charge is -2.16. The predicted molar refractivity (Wildman–Crippen MR) is 120 cm³/mol. The Kier molecular flexibility index (Phi) is 6.71. The van der Waals surface area contributed by atoms with E-state index in [-0.39, 0.29) is 22.1 Å². The molecule has 8 heteroatoms. The molecular weight excluding hydrogens is 418 g/mol. The van der Waals surface area contributed by atoms with E-state index in [1.54, 1.807) is 60.7 Å². The number of benzene rings is 3. The number of methoxy groups -OCH3 is 3. The molecule has 0 aromatic heterocycles. The first-order chi connectivity index (χ1) is 14.9. The third kappa shape index (κ3) is 5.10. The van der Waals surface area contributed by atoms with E-state index in [1.165, 1.54) is 33.5 Å². The molecule has 0 saturated carbocycles.